The van der Waals surface area contributed by atoms with Gasteiger partial charge in [0.1, 0.15) is 5.65 Å². The molecule has 0 atom stereocenters. The van der Waals surface area contributed by atoms with Crippen LogP contribution in [-0.4, -0.2) is 24.5 Å². The van der Waals surface area contributed by atoms with E-state index in [-0.39, 0.29) is 5.56 Å². The Morgan fingerprint density at radius 3 is 2.79 bits per heavy atom. The molecule has 0 spiro atoms. The largest absolute Gasteiger partial charge is 0.307 e. The summed E-state index contributed by atoms with van der Waals surface area (Å²) in [5.41, 5.74) is 3.14. The lowest BCUT2D eigenvalue weighted by Crippen LogP contribution is -2.08. The second-order valence-corrected chi connectivity index (χ2v) is 4.55. The molecule has 0 aliphatic carbocycles. The first-order chi connectivity index (χ1) is 9.10. The van der Waals surface area contributed by atoms with Crippen LogP contribution in [0.25, 0.3) is 22.3 Å². The minimum Gasteiger partial charge on any atom is -0.307 e. The van der Waals surface area contributed by atoms with Crippen LogP contribution in [0.3, 0.4) is 0 Å². The summed E-state index contributed by atoms with van der Waals surface area (Å²) in [5.74, 6) is 0. The highest BCUT2D eigenvalue weighted by atomic mass is 16.1. The summed E-state index contributed by atoms with van der Waals surface area (Å²) in [7, 11) is 1.86. The molecule has 1 N–H and O–H groups in total. The molecule has 0 aromatic carbocycles. The van der Waals surface area contributed by atoms with Crippen LogP contribution in [0.5, 0.6) is 0 Å². The third-order valence-corrected chi connectivity index (χ3v) is 3.20. The molecule has 98 valence electrons. The van der Waals surface area contributed by atoms with E-state index in [1.165, 1.54) is 0 Å². The Morgan fingerprint density at radius 1 is 1.37 bits per heavy atom. The Hall–Kier alpha value is -2.37. The zero-order valence-electron chi connectivity index (χ0n) is 11.1. The molecule has 0 saturated carbocycles. The number of rotatable bonds is 2. The molecule has 6 nitrogen and oxygen atoms in total. The fourth-order valence-corrected chi connectivity index (χ4v) is 2.38. The molecule has 0 aliphatic heterocycles. The smallest absolute Gasteiger partial charge is 0.250 e. The van der Waals surface area contributed by atoms with Gasteiger partial charge < -0.3 is 4.98 Å². The molecule has 0 radical (unpaired) electrons. The Morgan fingerprint density at radius 2 is 2.16 bits per heavy atom. The standard InChI is InChI=1S/C13H15N5O/c1-4-18-13-12(8(2)15-18)9(7-11(19)14-13)10-5-6-17(3)16-10/h5-7H,4H2,1-3H3,(H,14,19). The number of aryl methyl sites for hydroxylation is 3. The summed E-state index contributed by atoms with van der Waals surface area (Å²) in [6, 6.07) is 3.48. The Bertz CT molecular complexity index is 808. The van der Waals surface area contributed by atoms with Gasteiger partial charge in [-0.3, -0.25) is 9.48 Å². The van der Waals surface area contributed by atoms with Gasteiger partial charge in [0.25, 0.3) is 0 Å². The van der Waals surface area contributed by atoms with E-state index in [4.69, 9.17) is 0 Å². The summed E-state index contributed by atoms with van der Waals surface area (Å²) < 4.78 is 3.53. The predicted molar refractivity (Wildman–Crippen MR) is 73.0 cm³/mol. The maximum Gasteiger partial charge on any atom is 0.250 e. The molecule has 0 unspecified atom stereocenters. The Labute approximate surface area is 109 Å². The number of fused-ring (bicyclic) bond motifs is 1. The molecule has 3 aromatic heterocycles. The maximum absolute atomic E-state index is 11.8. The van der Waals surface area contributed by atoms with Crippen LogP contribution in [0.2, 0.25) is 0 Å². The van der Waals surface area contributed by atoms with E-state index >= 15 is 0 Å². The van der Waals surface area contributed by atoms with Crippen molar-refractivity contribution < 1.29 is 0 Å². The van der Waals surface area contributed by atoms with Crippen molar-refractivity contribution >= 4 is 11.0 Å². The van der Waals surface area contributed by atoms with Crippen molar-refractivity contribution in [1.29, 1.82) is 0 Å². The number of nitrogens with zero attached hydrogens (tertiary/aromatic N) is 4. The Kier molecular flexibility index (Phi) is 2.51. The van der Waals surface area contributed by atoms with Gasteiger partial charge in [-0.1, -0.05) is 0 Å². The molecule has 3 heterocycles. The van der Waals surface area contributed by atoms with Crippen LogP contribution >= 0.6 is 0 Å². The van der Waals surface area contributed by atoms with Crippen molar-refractivity contribution in [3.8, 4) is 11.3 Å². The fraction of sp³-hybridized carbons (Fsp3) is 0.308. The summed E-state index contributed by atoms with van der Waals surface area (Å²) in [6.45, 7) is 4.66. The van der Waals surface area contributed by atoms with Gasteiger partial charge in [-0.2, -0.15) is 10.2 Å². The van der Waals surface area contributed by atoms with Crippen LogP contribution in [0.15, 0.2) is 23.1 Å². The number of H-pyrrole nitrogens is 1. The van der Waals surface area contributed by atoms with Gasteiger partial charge in [0, 0.05) is 36.8 Å². The number of pyridine rings is 1. The molecule has 0 aliphatic rings. The van der Waals surface area contributed by atoms with Gasteiger partial charge >= 0.3 is 0 Å². The van der Waals surface area contributed by atoms with Crippen LogP contribution in [-0.2, 0) is 13.6 Å². The molecule has 0 bridgehead atoms. The van der Waals surface area contributed by atoms with E-state index in [9.17, 15) is 4.79 Å². The molecule has 0 amide bonds. The zero-order chi connectivity index (χ0) is 13.6. The van der Waals surface area contributed by atoms with Gasteiger partial charge in [-0.05, 0) is 19.9 Å². The quantitative estimate of drug-likeness (QED) is 0.755. The SMILES string of the molecule is CCn1nc(C)c2c(-c3ccn(C)n3)cc(=O)[nH]c21. The minimum atomic E-state index is -0.136. The van der Waals surface area contributed by atoms with Crippen molar-refractivity contribution in [2.45, 2.75) is 20.4 Å². The van der Waals surface area contributed by atoms with Gasteiger partial charge in [-0.15, -0.1) is 0 Å². The molecular weight excluding hydrogens is 242 g/mol. The summed E-state index contributed by atoms with van der Waals surface area (Å²) in [4.78, 5) is 14.7. The molecular formula is C13H15N5O. The van der Waals surface area contributed by atoms with Gasteiger partial charge in [0.15, 0.2) is 0 Å². The lowest BCUT2D eigenvalue weighted by atomic mass is 10.1. The van der Waals surface area contributed by atoms with E-state index in [0.29, 0.717) is 6.54 Å². The highest BCUT2D eigenvalue weighted by Gasteiger charge is 2.15. The van der Waals surface area contributed by atoms with E-state index < -0.39 is 0 Å². The zero-order valence-corrected chi connectivity index (χ0v) is 11.1. The third-order valence-electron chi connectivity index (χ3n) is 3.20. The molecule has 0 fully saturated rings. The van der Waals surface area contributed by atoms with E-state index in [1.54, 1.807) is 15.4 Å². The van der Waals surface area contributed by atoms with Crippen molar-refractivity contribution in [1.82, 2.24) is 24.5 Å². The molecule has 3 rings (SSSR count). The van der Waals surface area contributed by atoms with Crippen molar-refractivity contribution in [3.63, 3.8) is 0 Å². The van der Waals surface area contributed by atoms with Crippen molar-refractivity contribution in [3.05, 3.63) is 34.4 Å². The number of hydrogen-bond donors (Lipinski definition) is 1. The summed E-state index contributed by atoms with van der Waals surface area (Å²) >= 11 is 0. The fourth-order valence-electron chi connectivity index (χ4n) is 2.38. The second kappa shape index (κ2) is 4.08. The topological polar surface area (TPSA) is 68.5 Å². The molecule has 0 saturated heterocycles. The van der Waals surface area contributed by atoms with Crippen molar-refractivity contribution in [2.24, 2.45) is 7.05 Å². The maximum atomic E-state index is 11.8. The van der Waals surface area contributed by atoms with Gasteiger partial charge in [-0.25, -0.2) is 4.68 Å². The Balaban J connectivity index is 2.41. The highest BCUT2D eigenvalue weighted by Crippen LogP contribution is 2.27. The molecule has 6 heteroatoms. The number of hydrogen-bond acceptors (Lipinski definition) is 3. The van der Waals surface area contributed by atoms with Gasteiger partial charge in [0.2, 0.25) is 5.56 Å². The first kappa shape index (κ1) is 11.7. The lowest BCUT2D eigenvalue weighted by Gasteiger charge is -2.01. The molecule has 19 heavy (non-hydrogen) atoms. The lowest BCUT2D eigenvalue weighted by molar-refractivity contribution is 0.669. The van der Waals surface area contributed by atoms with E-state index in [0.717, 1.165) is 28.0 Å². The number of aromatic amines is 1. The summed E-state index contributed by atoms with van der Waals surface area (Å²) in [6.07, 6.45) is 1.86. The predicted octanol–water partition coefficient (Wildman–Crippen LogP) is 1.45. The van der Waals surface area contributed by atoms with Crippen LogP contribution in [0, 0.1) is 6.92 Å². The monoisotopic (exact) mass is 257 g/mol. The van der Waals surface area contributed by atoms with Crippen LogP contribution < -0.4 is 5.56 Å². The highest BCUT2D eigenvalue weighted by molar-refractivity contribution is 5.93. The minimum absolute atomic E-state index is 0.136. The normalized spacial score (nSPS) is 11.3. The average molecular weight is 257 g/mol. The first-order valence-electron chi connectivity index (χ1n) is 6.20. The average Bonchev–Trinajstić information content (AvgIpc) is 2.93. The first-order valence-corrected chi connectivity index (χ1v) is 6.20. The second-order valence-electron chi connectivity index (χ2n) is 4.55. The van der Waals surface area contributed by atoms with Crippen LogP contribution in [0.1, 0.15) is 12.6 Å². The summed E-state index contributed by atoms with van der Waals surface area (Å²) in [5, 5.41) is 9.79. The number of aromatic nitrogens is 5. The van der Waals surface area contributed by atoms with Crippen LogP contribution in [0.4, 0.5) is 0 Å². The van der Waals surface area contributed by atoms with Gasteiger partial charge in [0.05, 0.1) is 11.4 Å². The third kappa shape index (κ3) is 1.76. The molecule has 3 aromatic rings. The van der Waals surface area contributed by atoms with E-state index in [1.807, 2.05) is 33.2 Å². The van der Waals surface area contributed by atoms with E-state index in [2.05, 4.69) is 15.2 Å². The van der Waals surface area contributed by atoms with Crippen molar-refractivity contribution in [2.75, 3.05) is 0 Å². The number of nitrogens with one attached hydrogen (secondary N) is 1.